The number of ether oxygens (including phenoxy) is 1. The third-order valence-electron chi connectivity index (χ3n) is 7.24. The molecular formula is C25H26ClN7O. The van der Waals surface area contributed by atoms with E-state index in [9.17, 15) is 5.26 Å². The Hall–Kier alpha value is -2.99. The minimum atomic E-state index is 0.307. The predicted octanol–water partition coefficient (Wildman–Crippen LogP) is 3.68. The Bertz CT molecular complexity index is 1240. The van der Waals surface area contributed by atoms with Gasteiger partial charge in [-0.05, 0) is 55.2 Å². The molecule has 0 spiro atoms. The molecular weight excluding hydrogens is 450 g/mol. The van der Waals surface area contributed by atoms with Gasteiger partial charge in [-0.3, -0.25) is 9.47 Å². The molecule has 2 aromatic heterocycles. The van der Waals surface area contributed by atoms with Gasteiger partial charge in [0, 0.05) is 49.4 Å². The average molecular weight is 476 g/mol. The number of piperidine rings is 1. The maximum Gasteiger partial charge on any atom is 0.151 e. The fourth-order valence-corrected chi connectivity index (χ4v) is 5.61. The zero-order valence-electron chi connectivity index (χ0n) is 18.9. The van der Waals surface area contributed by atoms with Crippen LogP contribution in [-0.4, -0.2) is 57.0 Å². The van der Waals surface area contributed by atoms with Crippen molar-refractivity contribution in [2.75, 3.05) is 31.2 Å². The molecule has 5 heterocycles. The van der Waals surface area contributed by atoms with Crippen molar-refractivity contribution in [2.24, 2.45) is 0 Å². The Balaban J connectivity index is 1.29. The number of halogens is 1. The van der Waals surface area contributed by atoms with E-state index in [-0.39, 0.29) is 0 Å². The highest BCUT2D eigenvalue weighted by atomic mass is 35.5. The van der Waals surface area contributed by atoms with Crippen LogP contribution in [0.2, 0.25) is 5.02 Å². The Morgan fingerprint density at radius 3 is 2.74 bits per heavy atom. The minimum absolute atomic E-state index is 0.307. The van der Waals surface area contributed by atoms with Crippen LogP contribution in [0.25, 0.3) is 5.69 Å². The molecule has 0 radical (unpaired) electrons. The van der Waals surface area contributed by atoms with E-state index in [0.717, 1.165) is 86.8 Å². The number of nitrogens with zero attached hydrogens (tertiary/aromatic N) is 7. The Kier molecular flexibility index (Phi) is 5.69. The highest BCUT2D eigenvalue weighted by molar-refractivity contribution is 6.30. The summed E-state index contributed by atoms with van der Waals surface area (Å²) in [6.07, 6.45) is 4.66. The molecule has 1 atom stereocenters. The van der Waals surface area contributed by atoms with E-state index in [2.05, 4.69) is 42.7 Å². The number of hydrogen-bond acceptors (Lipinski definition) is 7. The summed E-state index contributed by atoms with van der Waals surface area (Å²) in [5.74, 6) is 3.18. The molecule has 174 valence electrons. The highest BCUT2D eigenvalue weighted by Crippen LogP contribution is 2.35. The third kappa shape index (κ3) is 3.94. The van der Waals surface area contributed by atoms with Crippen LogP contribution in [0.5, 0.6) is 0 Å². The summed E-state index contributed by atoms with van der Waals surface area (Å²) in [7, 11) is 0. The number of nitriles is 1. The molecule has 0 unspecified atom stereocenters. The van der Waals surface area contributed by atoms with Gasteiger partial charge in [0.25, 0.3) is 0 Å². The molecule has 6 rings (SSSR count). The van der Waals surface area contributed by atoms with Crippen LogP contribution < -0.4 is 4.90 Å². The molecule has 2 fully saturated rings. The van der Waals surface area contributed by atoms with Crippen molar-refractivity contribution in [2.45, 2.75) is 44.3 Å². The number of pyridine rings is 1. The SMILES string of the molecule is N#Cc1ccnc(N2CCC(c3nnc4n3-c3ccc(Cl)cc3CN([C@@H]3CCOC3)C4)CC2)c1. The molecule has 0 bridgehead atoms. The molecule has 3 aromatic rings. The van der Waals surface area contributed by atoms with Crippen molar-refractivity contribution in [3.63, 3.8) is 0 Å². The monoisotopic (exact) mass is 475 g/mol. The second kappa shape index (κ2) is 8.99. The first-order valence-electron chi connectivity index (χ1n) is 11.9. The molecule has 0 saturated carbocycles. The summed E-state index contributed by atoms with van der Waals surface area (Å²) >= 11 is 6.41. The van der Waals surface area contributed by atoms with Crippen molar-refractivity contribution >= 4 is 17.4 Å². The van der Waals surface area contributed by atoms with E-state index in [4.69, 9.17) is 21.4 Å². The van der Waals surface area contributed by atoms with Crippen LogP contribution in [0.1, 0.15) is 48.0 Å². The summed E-state index contributed by atoms with van der Waals surface area (Å²) < 4.78 is 7.95. The number of anilines is 1. The van der Waals surface area contributed by atoms with Crippen LogP contribution >= 0.6 is 11.6 Å². The van der Waals surface area contributed by atoms with Crippen LogP contribution in [-0.2, 0) is 17.8 Å². The lowest BCUT2D eigenvalue weighted by Gasteiger charge is -2.32. The summed E-state index contributed by atoms with van der Waals surface area (Å²) in [6, 6.07) is 12.3. The third-order valence-corrected chi connectivity index (χ3v) is 7.47. The van der Waals surface area contributed by atoms with Crippen molar-refractivity contribution in [3.8, 4) is 11.8 Å². The van der Waals surface area contributed by atoms with Gasteiger partial charge >= 0.3 is 0 Å². The number of benzene rings is 1. The van der Waals surface area contributed by atoms with Crippen molar-refractivity contribution in [1.29, 1.82) is 5.26 Å². The highest BCUT2D eigenvalue weighted by Gasteiger charge is 2.33. The van der Waals surface area contributed by atoms with Gasteiger partial charge in [0.05, 0.1) is 30.5 Å². The molecule has 3 aliphatic heterocycles. The van der Waals surface area contributed by atoms with Gasteiger partial charge in [-0.25, -0.2) is 4.98 Å². The molecule has 3 aliphatic rings. The molecule has 0 aliphatic carbocycles. The van der Waals surface area contributed by atoms with Gasteiger partial charge in [0.1, 0.15) is 11.6 Å². The van der Waals surface area contributed by atoms with Gasteiger partial charge in [-0.1, -0.05) is 11.6 Å². The normalized spacial score (nSPS) is 21.1. The number of fused-ring (bicyclic) bond motifs is 3. The first-order valence-corrected chi connectivity index (χ1v) is 12.2. The summed E-state index contributed by atoms with van der Waals surface area (Å²) in [5, 5.41) is 19.4. The van der Waals surface area contributed by atoms with E-state index >= 15 is 0 Å². The Labute approximate surface area is 203 Å². The van der Waals surface area contributed by atoms with E-state index in [1.165, 1.54) is 5.56 Å². The van der Waals surface area contributed by atoms with Gasteiger partial charge in [0.2, 0.25) is 0 Å². The fourth-order valence-electron chi connectivity index (χ4n) is 5.41. The standard InChI is InChI=1S/C25H26ClN7O/c26-20-1-2-22-19(12-20)14-32(21-6-10-34-16-21)15-24-29-30-25(33(22)24)18-4-8-31(9-5-18)23-11-17(13-27)3-7-28-23/h1-3,7,11-12,18,21H,4-6,8-10,14-16H2/t21-/m1/s1. The molecule has 1 aromatic carbocycles. The second-order valence-corrected chi connectivity index (χ2v) is 9.72. The first-order chi connectivity index (χ1) is 16.7. The van der Waals surface area contributed by atoms with E-state index in [1.807, 2.05) is 12.1 Å². The number of aromatic nitrogens is 4. The maximum atomic E-state index is 9.22. The van der Waals surface area contributed by atoms with Crippen LogP contribution in [0, 0.1) is 11.3 Å². The van der Waals surface area contributed by atoms with Crippen LogP contribution in [0.4, 0.5) is 5.82 Å². The zero-order chi connectivity index (χ0) is 23.1. The molecule has 2 saturated heterocycles. The predicted molar refractivity (Wildman–Crippen MR) is 128 cm³/mol. The lowest BCUT2D eigenvalue weighted by molar-refractivity contribution is 0.133. The molecule has 0 N–H and O–H groups in total. The summed E-state index contributed by atoms with van der Waals surface area (Å²) in [4.78, 5) is 9.19. The fraction of sp³-hybridized carbons (Fsp3) is 0.440. The maximum absolute atomic E-state index is 9.22. The topological polar surface area (TPSA) is 83.1 Å². The quantitative estimate of drug-likeness (QED) is 0.571. The second-order valence-electron chi connectivity index (χ2n) is 9.28. The van der Waals surface area contributed by atoms with Gasteiger partial charge < -0.3 is 9.64 Å². The van der Waals surface area contributed by atoms with E-state index in [0.29, 0.717) is 17.5 Å². The van der Waals surface area contributed by atoms with E-state index in [1.54, 1.807) is 12.3 Å². The number of rotatable bonds is 3. The van der Waals surface area contributed by atoms with Crippen LogP contribution in [0.3, 0.4) is 0 Å². The van der Waals surface area contributed by atoms with E-state index < -0.39 is 0 Å². The summed E-state index contributed by atoms with van der Waals surface area (Å²) in [6.45, 7) is 4.88. The molecule has 34 heavy (non-hydrogen) atoms. The van der Waals surface area contributed by atoms with Crippen molar-refractivity contribution < 1.29 is 4.74 Å². The molecule has 0 amide bonds. The van der Waals surface area contributed by atoms with Gasteiger partial charge in [-0.15, -0.1) is 10.2 Å². The summed E-state index contributed by atoms with van der Waals surface area (Å²) in [5.41, 5.74) is 2.98. The van der Waals surface area contributed by atoms with Crippen LogP contribution in [0.15, 0.2) is 36.5 Å². The molecule has 8 nitrogen and oxygen atoms in total. The smallest absolute Gasteiger partial charge is 0.151 e. The Morgan fingerprint density at radius 2 is 1.94 bits per heavy atom. The zero-order valence-corrected chi connectivity index (χ0v) is 19.7. The first kappa shape index (κ1) is 21.5. The Morgan fingerprint density at radius 1 is 1.06 bits per heavy atom. The lowest BCUT2D eigenvalue weighted by atomic mass is 9.95. The largest absolute Gasteiger partial charge is 0.380 e. The lowest BCUT2D eigenvalue weighted by Crippen LogP contribution is -2.34. The van der Waals surface area contributed by atoms with Gasteiger partial charge in [0.15, 0.2) is 5.82 Å². The van der Waals surface area contributed by atoms with Crippen molar-refractivity contribution in [1.82, 2.24) is 24.6 Å². The van der Waals surface area contributed by atoms with Crippen molar-refractivity contribution in [3.05, 3.63) is 64.3 Å². The molecule has 9 heteroatoms. The number of hydrogen-bond donors (Lipinski definition) is 0. The average Bonchev–Trinajstić information content (AvgIpc) is 3.52. The minimum Gasteiger partial charge on any atom is -0.380 e. The van der Waals surface area contributed by atoms with Gasteiger partial charge in [-0.2, -0.15) is 5.26 Å².